The van der Waals surface area contributed by atoms with Crippen LogP contribution in [0.1, 0.15) is 25.7 Å². The van der Waals surface area contributed by atoms with Crippen molar-refractivity contribution in [1.29, 1.82) is 0 Å². The molecular weight excluding hydrogens is 505 g/mol. The number of piperidine rings is 1. The van der Waals surface area contributed by atoms with Crippen molar-refractivity contribution in [3.05, 3.63) is 66.6 Å². The van der Waals surface area contributed by atoms with Gasteiger partial charge in [0.1, 0.15) is 11.6 Å². The normalized spacial score (nSPS) is 17.1. The molecule has 11 heteroatoms. The summed E-state index contributed by atoms with van der Waals surface area (Å²) in [5, 5.41) is 9.58. The summed E-state index contributed by atoms with van der Waals surface area (Å²) in [4.78, 5) is 11.3. The third-order valence-electron chi connectivity index (χ3n) is 7.04. The number of benzene rings is 2. The number of likely N-dealkylation sites (tertiary alicyclic amines) is 1. The second-order valence-corrected chi connectivity index (χ2v) is 11.6. The topological polar surface area (TPSA) is 102 Å². The highest BCUT2D eigenvalue weighted by atomic mass is 32.2. The average Bonchev–Trinajstić information content (AvgIpc) is 3.45. The van der Waals surface area contributed by atoms with Crippen LogP contribution in [0.4, 0.5) is 27.5 Å². The zero-order chi connectivity index (χ0) is 26.4. The Morgan fingerprint density at radius 2 is 1.61 bits per heavy atom. The third kappa shape index (κ3) is 6.65. The summed E-state index contributed by atoms with van der Waals surface area (Å²) < 4.78 is 42.4. The van der Waals surface area contributed by atoms with E-state index in [4.69, 9.17) is 0 Å². The van der Waals surface area contributed by atoms with E-state index in [1.807, 2.05) is 0 Å². The number of aromatic nitrogens is 2. The van der Waals surface area contributed by atoms with E-state index in [1.165, 1.54) is 25.0 Å². The number of hydrogen-bond donors (Lipinski definition) is 3. The first kappa shape index (κ1) is 26.5. The lowest BCUT2D eigenvalue weighted by Crippen LogP contribution is -2.48. The van der Waals surface area contributed by atoms with Crippen LogP contribution in [0.5, 0.6) is 0 Å². The monoisotopic (exact) mass is 539 g/mol. The fourth-order valence-corrected chi connectivity index (χ4v) is 6.66. The fourth-order valence-electron chi connectivity index (χ4n) is 4.98. The summed E-state index contributed by atoms with van der Waals surface area (Å²) in [5.74, 6) is 0.593. The lowest BCUT2D eigenvalue weighted by atomic mass is 10.1. The van der Waals surface area contributed by atoms with Gasteiger partial charge in [0, 0.05) is 36.7 Å². The van der Waals surface area contributed by atoms with Gasteiger partial charge in [0.15, 0.2) is 0 Å². The molecule has 3 N–H and O–H groups in total. The lowest BCUT2D eigenvalue weighted by molar-refractivity contribution is 0.228. The molecule has 0 atom stereocenters. The number of hydrogen-bond acceptors (Lipinski definition) is 8. The van der Waals surface area contributed by atoms with E-state index in [9.17, 15) is 12.8 Å². The van der Waals surface area contributed by atoms with E-state index in [1.54, 1.807) is 53.0 Å². The molecule has 38 heavy (non-hydrogen) atoms. The third-order valence-corrected chi connectivity index (χ3v) is 9.01. The Kier molecular flexibility index (Phi) is 8.48. The maximum atomic E-state index is 13.8. The van der Waals surface area contributed by atoms with Gasteiger partial charge in [0.2, 0.25) is 16.0 Å². The highest BCUT2D eigenvalue weighted by molar-refractivity contribution is 7.89. The second kappa shape index (κ2) is 12.2. The molecule has 2 aliphatic rings. The molecule has 2 fully saturated rings. The number of sulfonamides is 1. The molecule has 3 aromatic rings. The van der Waals surface area contributed by atoms with Crippen LogP contribution in [0, 0.1) is 5.82 Å². The van der Waals surface area contributed by atoms with E-state index in [0.717, 1.165) is 45.6 Å². The van der Waals surface area contributed by atoms with Crippen LogP contribution in [-0.4, -0.2) is 72.9 Å². The van der Waals surface area contributed by atoms with E-state index in [-0.39, 0.29) is 16.8 Å². The Hall–Kier alpha value is -3.12. The van der Waals surface area contributed by atoms with Gasteiger partial charge in [-0.05, 0) is 106 Å². The number of rotatable bonds is 10. The molecule has 0 unspecified atom stereocenters. The van der Waals surface area contributed by atoms with E-state index >= 15 is 0 Å². The predicted octanol–water partition coefficient (Wildman–Crippen LogP) is 3.94. The van der Waals surface area contributed by atoms with Gasteiger partial charge in [-0.3, -0.25) is 0 Å². The Morgan fingerprint density at radius 1 is 0.947 bits per heavy atom. The Morgan fingerprint density at radius 3 is 2.32 bits per heavy atom. The minimum atomic E-state index is -3.64. The van der Waals surface area contributed by atoms with E-state index in [0.29, 0.717) is 29.7 Å². The maximum absolute atomic E-state index is 13.8. The van der Waals surface area contributed by atoms with Gasteiger partial charge in [-0.1, -0.05) is 0 Å². The molecule has 0 spiro atoms. The van der Waals surface area contributed by atoms with Crippen molar-refractivity contribution in [3.8, 4) is 0 Å². The van der Waals surface area contributed by atoms with Gasteiger partial charge in [-0.15, -0.1) is 0 Å². The fraction of sp³-hybridized carbons (Fsp3) is 0.407. The van der Waals surface area contributed by atoms with Gasteiger partial charge in [-0.25, -0.2) is 17.8 Å². The van der Waals surface area contributed by atoms with Gasteiger partial charge < -0.3 is 20.9 Å². The Balaban J connectivity index is 1.27. The summed E-state index contributed by atoms with van der Waals surface area (Å²) in [7, 11) is -3.64. The van der Waals surface area contributed by atoms with Crippen molar-refractivity contribution < 1.29 is 12.8 Å². The van der Waals surface area contributed by atoms with Gasteiger partial charge >= 0.3 is 0 Å². The van der Waals surface area contributed by atoms with Gasteiger partial charge in [0.25, 0.3) is 0 Å². The van der Waals surface area contributed by atoms with Crippen LogP contribution in [0.3, 0.4) is 0 Å². The largest absolute Gasteiger partial charge is 0.340 e. The zero-order valence-corrected chi connectivity index (χ0v) is 22.1. The van der Waals surface area contributed by atoms with Crippen LogP contribution < -0.4 is 16.0 Å². The van der Waals surface area contributed by atoms with Crippen molar-refractivity contribution in [2.24, 2.45) is 0 Å². The van der Waals surface area contributed by atoms with Crippen LogP contribution >= 0.6 is 0 Å². The Bertz CT molecular complexity index is 1290. The molecule has 0 amide bonds. The lowest BCUT2D eigenvalue weighted by Gasteiger charge is -2.34. The summed E-state index contributed by atoms with van der Waals surface area (Å²) in [5.41, 5.74) is 1.38. The molecule has 0 bridgehead atoms. The molecular formula is C27H34FN7O2S. The SMILES string of the molecule is O=S(=O)(c1ccc(Nc2nccc(Nc3ccc(F)cc3)n2)cc1)N(CCN1CCCC1)C1CCNCC1. The smallest absolute Gasteiger partial charge is 0.243 e. The summed E-state index contributed by atoms with van der Waals surface area (Å²) in [6.45, 7) is 5.03. The maximum Gasteiger partial charge on any atom is 0.243 e. The van der Waals surface area contributed by atoms with Crippen LogP contribution in [-0.2, 0) is 10.0 Å². The molecule has 2 saturated heterocycles. The molecule has 5 rings (SSSR count). The molecule has 3 heterocycles. The molecule has 9 nitrogen and oxygen atoms in total. The van der Waals surface area contributed by atoms with Crippen molar-refractivity contribution in [2.45, 2.75) is 36.6 Å². The first-order valence-electron chi connectivity index (χ1n) is 13.1. The van der Waals surface area contributed by atoms with Crippen molar-refractivity contribution in [3.63, 3.8) is 0 Å². The zero-order valence-electron chi connectivity index (χ0n) is 21.3. The number of anilines is 4. The van der Waals surface area contributed by atoms with Crippen molar-refractivity contribution in [1.82, 2.24) is 24.5 Å². The second-order valence-electron chi connectivity index (χ2n) is 9.69. The van der Waals surface area contributed by atoms with E-state index < -0.39 is 10.0 Å². The van der Waals surface area contributed by atoms with Crippen molar-refractivity contribution >= 4 is 33.2 Å². The minimum Gasteiger partial charge on any atom is -0.340 e. The standard InChI is InChI=1S/C27H34FN7O2S/c28-21-3-5-22(6-4-21)31-26-13-16-30-27(33-26)32-23-7-9-25(10-8-23)38(36,37)35(24-11-14-29-15-12-24)20-19-34-17-1-2-18-34/h3-10,13,16,24,29H,1-2,11-12,14-15,17-20H2,(H2,30,31,32,33). The summed E-state index contributed by atoms with van der Waals surface area (Å²) in [6.07, 6.45) is 5.61. The molecule has 2 aliphatic heterocycles. The number of nitrogens with zero attached hydrogens (tertiary/aromatic N) is 4. The molecule has 0 aliphatic carbocycles. The van der Waals surface area contributed by atoms with Crippen LogP contribution in [0.25, 0.3) is 0 Å². The van der Waals surface area contributed by atoms with Gasteiger partial charge in [-0.2, -0.15) is 9.29 Å². The Labute approximate surface area is 223 Å². The van der Waals surface area contributed by atoms with Crippen LogP contribution in [0.2, 0.25) is 0 Å². The summed E-state index contributed by atoms with van der Waals surface area (Å²) >= 11 is 0. The van der Waals surface area contributed by atoms with E-state index in [2.05, 4.69) is 30.8 Å². The molecule has 0 radical (unpaired) electrons. The molecule has 0 saturated carbocycles. The van der Waals surface area contributed by atoms with Gasteiger partial charge in [0.05, 0.1) is 4.90 Å². The van der Waals surface area contributed by atoms with Crippen molar-refractivity contribution in [2.75, 3.05) is 49.9 Å². The minimum absolute atomic E-state index is 0.00593. The predicted molar refractivity (Wildman–Crippen MR) is 147 cm³/mol. The number of nitrogens with one attached hydrogen (secondary N) is 3. The first-order valence-corrected chi connectivity index (χ1v) is 14.6. The number of halogens is 1. The summed E-state index contributed by atoms with van der Waals surface area (Å²) in [6, 6.07) is 14.5. The molecule has 202 valence electrons. The van der Waals surface area contributed by atoms with Crippen LogP contribution in [0.15, 0.2) is 65.7 Å². The highest BCUT2D eigenvalue weighted by Gasteiger charge is 2.32. The first-order chi connectivity index (χ1) is 18.5. The molecule has 2 aromatic carbocycles. The molecule has 1 aromatic heterocycles. The highest BCUT2D eigenvalue weighted by Crippen LogP contribution is 2.25. The quantitative estimate of drug-likeness (QED) is 0.356. The average molecular weight is 540 g/mol.